The van der Waals surface area contributed by atoms with Crippen LogP contribution in [0.25, 0.3) is 10.6 Å². The number of halogens is 3. The first kappa shape index (κ1) is 10.9. The molecule has 0 aliphatic heterocycles. The van der Waals surface area contributed by atoms with Gasteiger partial charge >= 0.3 is 6.18 Å². The molecule has 0 radical (unpaired) electrons. The lowest BCUT2D eigenvalue weighted by atomic mass is 10.2. The average molecular weight is 244 g/mol. The fourth-order valence-electron chi connectivity index (χ4n) is 1.21. The highest BCUT2D eigenvalue weighted by molar-refractivity contribution is 7.13. The molecule has 0 spiro atoms. The predicted molar refractivity (Wildman–Crippen MR) is 57.0 cm³/mol. The number of thiazole rings is 1. The summed E-state index contributed by atoms with van der Waals surface area (Å²) in [4.78, 5) is 3.53. The molecule has 2 N–H and O–H groups in total. The maximum absolute atomic E-state index is 12.3. The summed E-state index contributed by atoms with van der Waals surface area (Å²) < 4.78 is 36.9. The number of rotatable bonds is 1. The number of alkyl halides is 3. The van der Waals surface area contributed by atoms with Crippen LogP contribution < -0.4 is 5.73 Å². The Labute approximate surface area is 93.5 Å². The van der Waals surface area contributed by atoms with E-state index in [4.69, 9.17) is 5.73 Å². The zero-order valence-corrected chi connectivity index (χ0v) is 8.77. The van der Waals surface area contributed by atoms with Crippen molar-refractivity contribution in [2.45, 2.75) is 6.18 Å². The van der Waals surface area contributed by atoms with Gasteiger partial charge in [0.1, 0.15) is 5.01 Å². The number of nitrogens with two attached hydrogens (primary N) is 1. The monoisotopic (exact) mass is 244 g/mol. The van der Waals surface area contributed by atoms with Crippen molar-refractivity contribution in [2.75, 3.05) is 5.73 Å². The van der Waals surface area contributed by atoms with Gasteiger partial charge in [-0.25, -0.2) is 4.98 Å². The molecule has 0 saturated carbocycles. The molecule has 84 valence electrons. The first-order chi connectivity index (χ1) is 7.47. The van der Waals surface area contributed by atoms with Crippen LogP contribution in [0.4, 0.5) is 18.9 Å². The summed E-state index contributed by atoms with van der Waals surface area (Å²) in [5.74, 6) is 0. The van der Waals surface area contributed by atoms with Crippen molar-refractivity contribution in [1.29, 1.82) is 0 Å². The quantitative estimate of drug-likeness (QED) is 0.781. The number of nitrogen functional groups attached to an aromatic ring is 1. The summed E-state index contributed by atoms with van der Waals surface area (Å²) >= 11 is 0.952. The third-order valence-electron chi connectivity index (χ3n) is 1.93. The van der Waals surface area contributed by atoms with Crippen molar-refractivity contribution in [1.82, 2.24) is 4.98 Å². The molecule has 16 heavy (non-hydrogen) atoms. The van der Waals surface area contributed by atoms with Crippen molar-refractivity contribution >= 4 is 17.0 Å². The Balaban J connectivity index is 2.39. The van der Waals surface area contributed by atoms with Crippen molar-refractivity contribution in [2.24, 2.45) is 0 Å². The number of benzene rings is 1. The highest BCUT2D eigenvalue weighted by Gasteiger charge is 2.33. The maximum atomic E-state index is 12.3. The van der Waals surface area contributed by atoms with Crippen LogP contribution in [0, 0.1) is 0 Å². The molecule has 0 saturated heterocycles. The summed E-state index contributed by atoms with van der Waals surface area (Å²) in [5.41, 5.74) is 5.78. The SMILES string of the molecule is Nc1cccc(-c2nc(C(F)(F)F)cs2)c1. The molecule has 2 rings (SSSR count). The molecular weight excluding hydrogens is 237 g/mol. The highest BCUT2D eigenvalue weighted by atomic mass is 32.1. The first-order valence-corrected chi connectivity index (χ1v) is 5.23. The van der Waals surface area contributed by atoms with E-state index in [1.165, 1.54) is 0 Å². The van der Waals surface area contributed by atoms with Gasteiger partial charge in [-0.15, -0.1) is 11.3 Å². The van der Waals surface area contributed by atoms with Crippen LogP contribution in [0.1, 0.15) is 5.69 Å². The molecule has 0 bridgehead atoms. The molecule has 2 aromatic rings. The van der Waals surface area contributed by atoms with Gasteiger partial charge < -0.3 is 5.73 Å². The van der Waals surface area contributed by atoms with E-state index in [1.54, 1.807) is 24.3 Å². The first-order valence-electron chi connectivity index (χ1n) is 4.35. The van der Waals surface area contributed by atoms with E-state index < -0.39 is 11.9 Å². The van der Waals surface area contributed by atoms with Crippen LogP contribution in [0.5, 0.6) is 0 Å². The molecule has 0 aliphatic rings. The maximum Gasteiger partial charge on any atom is 0.434 e. The Morgan fingerprint density at radius 1 is 1.25 bits per heavy atom. The molecule has 1 aromatic heterocycles. The normalized spacial score (nSPS) is 11.7. The lowest BCUT2D eigenvalue weighted by molar-refractivity contribution is -0.140. The number of hydrogen-bond donors (Lipinski definition) is 1. The van der Waals surface area contributed by atoms with E-state index in [0.717, 1.165) is 16.7 Å². The second-order valence-corrected chi connectivity index (χ2v) is 4.02. The topological polar surface area (TPSA) is 38.9 Å². The van der Waals surface area contributed by atoms with Crippen LogP contribution in [-0.4, -0.2) is 4.98 Å². The fourth-order valence-corrected chi connectivity index (χ4v) is 2.03. The van der Waals surface area contributed by atoms with E-state index >= 15 is 0 Å². The van der Waals surface area contributed by atoms with Gasteiger partial charge in [0.2, 0.25) is 0 Å². The number of aromatic nitrogens is 1. The van der Waals surface area contributed by atoms with Crippen LogP contribution in [-0.2, 0) is 6.18 Å². The Hall–Kier alpha value is -1.56. The fraction of sp³-hybridized carbons (Fsp3) is 0.100. The van der Waals surface area contributed by atoms with Gasteiger partial charge in [0.15, 0.2) is 5.69 Å². The van der Waals surface area contributed by atoms with Crippen LogP contribution in [0.2, 0.25) is 0 Å². The minimum Gasteiger partial charge on any atom is -0.399 e. The van der Waals surface area contributed by atoms with Crippen LogP contribution in [0.15, 0.2) is 29.6 Å². The van der Waals surface area contributed by atoms with Gasteiger partial charge in [0, 0.05) is 16.6 Å². The van der Waals surface area contributed by atoms with E-state index in [2.05, 4.69) is 4.98 Å². The lowest BCUT2D eigenvalue weighted by Crippen LogP contribution is -2.04. The molecule has 0 unspecified atom stereocenters. The Kier molecular flexibility index (Phi) is 2.59. The summed E-state index contributed by atoms with van der Waals surface area (Å²) in [6.07, 6.45) is -4.39. The molecule has 6 heteroatoms. The molecule has 0 fully saturated rings. The molecular formula is C10H7F3N2S. The third kappa shape index (κ3) is 2.16. The van der Waals surface area contributed by atoms with Crippen molar-refractivity contribution < 1.29 is 13.2 Å². The second-order valence-electron chi connectivity index (χ2n) is 3.16. The van der Waals surface area contributed by atoms with Crippen molar-refractivity contribution in [3.05, 3.63) is 35.3 Å². The van der Waals surface area contributed by atoms with Crippen LogP contribution >= 0.6 is 11.3 Å². The summed E-state index contributed by atoms with van der Waals surface area (Å²) in [6, 6.07) is 6.62. The lowest BCUT2D eigenvalue weighted by Gasteiger charge is -2.00. The molecule has 0 atom stereocenters. The zero-order valence-electron chi connectivity index (χ0n) is 7.95. The van der Waals surface area contributed by atoms with Crippen molar-refractivity contribution in [3.8, 4) is 10.6 Å². The highest BCUT2D eigenvalue weighted by Crippen LogP contribution is 2.33. The number of anilines is 1. The molecule has 1 heterocycles. The van der Waals surface area contributed by atoms with Gasteiger partial charge in [0.05, 0.1) is 0 Å². The second kappa shape index (κ2) is 3.79. The number of nitrogens with zero attached hydrogens (tertiary/aromatic N) is 1. The van der Waals surface area contributed by atoms with Crippen molar-refractivity contribution in [3.63, 3.8) is 0 Å². The minimum atomic E-state index is -4.39. The summed E-state index contributed by atoms with van der Waals surface area (Å²) in [6.45, 7) is 0. The summed E-state index contributed by atoms with van der Waals surface area (Å²) in [5, 5.41) is 1.32. The summed E-state index contributed by atoms with van der Waals surface area (Å²) in [7, 11) is 0. The Bertz CT molecular complexity index is 505. The molecule has 1 aromatic carbocycles. The largest absolute Gasteiger partial charge is 0.434 e. The van der Waals surface area contributed by atoms with E-state index in [9.17, 15) is 13.2 Å². The average Bonchev–Trinajstić information content (AvgIpc) is 2.65. The predicted octanol–water partition coefficient (Wildman–Crippen LogP) is 3.41. The smallest absolute Gasteiger partial charge is 0.399 e. The van der Waals surface area contributed by atoms with Gasteiger partial charge in [-0.3, -0.25) is 0 Å². The van der Waals surface area contributed by atoms with Gasteiger partial charge in [-0.2, -0.15) is 13.2 Å². The Morgan fingerprint density at radius 3 is 2.56 bits per heavy atom. The molecule has 0 amide bonds. The van der Waals surface area contributed by atoms with E-state index in [-0.39, 0.29) is 0 Å². The standard InChI is InChI=1S/C10H7F3N2S/c11-10(12,13)8-5-16-9(15-8)6-2-1-3-7(14)4-6/h1-5H,14H2. The van der Waals surface area contributed by atoms with Crippen LogP contribution in [0.3, 0.4) is 0 Å². The molecule has 2 nitrogen and oxygen atoms in total. The van der Waals surface area contributed by atoms with Gasteiger partial charge in [-0.1, -0.05) is 12.1 Å². The van der Waals surface area contributed by atoms with E-state index in [0.29, 0.717) is 16.3 Å². The zero-order chi connectivity index (χ0) is 11.8. The molecule has 0 aliphatic carbocycles. The van der Waals surface area contributed by atoms with Gasteiger partial charge in [0.25, 0.3) is 0 Å². The Morgan fingerprint density at radius 2 is 2.00 bits per heavy atom. The van der Waals surface area contributed by atoms with E-state index in [1.807, 2.05) is 0 Å². The third-order valence-corrected chi connectivity index (χ3v) is 2.82. The van der Waals surface area contributed by atoms with Gasteiger partial charge in [-0.05, 0) is 12.1 Å². The number of hydrogen-bond acceptors (Lipinski definition) is 3. The minimum absolute atomic E-state index is 0.319.